The quantitative estimate of drug-likeness (QED) is 0.828. The molecule has 0 saturated heterocycles. The lowest BCUT2D eigenvalue weighted by molar-refractivity contribution is 0.0522. The Labute approximate surface area is 128 Å². The number of rotatable bonds is 6. The number of ether oxygens (including phenoxy) is 1. The van der Waals surface area contributed by atoms with Crippen molar-refractivity contribution < 1.29 is 13.9 Å². The van der Waals surface area contributed by atoms with Crippen molar-refractivity contribution in [3.63, 3.8) is 0 Å². The maximum absolute atomic E-state index is 11.6. The number of alkyl carbamates (subject to hydrolysis) is 1. The summed E-state index contributed by atoms with van der Waals surface area (Å²) in [7, 11) is 0. The second-order valence-electron chi connectivity index (χ2n) is 5.56. The maximum Gasteiger partial charge on any atom is 0.407 e. The molecule has 0 bridgehead atoms. The van der Waals surface area contributed by atoms with E-state index < -0.39 is 11.7 Å². The highest BCUT2D eigenvalue weighted by Crippen LogP contribution is 2.17. The summed E-state index contributed by atoms with van der Waals surface area (Å²) < 4.78 is 11.5. The first-order chi connectivity index (χ1) is 9.31. The summed E-state index contributed by atoms with van der Waals surface area (Å²) in [6, 6.07) is 2.02. The monoisotopic (exact) mass is 346 g/mol. The third-order valence-electron chi connectivity index (χ3n) is 2.63. The van der Waals surface area contributed by atoms with Gasteiger partial charge in [-0.3, -0.25) is 0 Å². The molecular weight excluding hydrogens is 324 g/mol. The minimum atomic E-state index is -0.474. The molecule has 1 atom stereocenters. The molecule has 6 heteroatoms. The van der Waals surface area contributed by atoms with Gasteiger partial charge in [0.05, 0.1) is 17.3 Å². The number of hydrogen-bond acceptors (Lipinski definition) is 4. The second kappa shape index (κ2) is 7.69. The van der Waals surface area contributed by atoms with Crippen LogP contribution in [0.5, 0.6) is 0 Å². The Morgan fingerprint density at radius 1 is 1.50 bits per heavy atom. The number of carbonyl (C=O) groups excluding carboxylic acids is 1. The van der Waals surface area contributed by atoms with Crippen LogP contribution in [0.4, 0.5) is 4.79 Å². The van der Waals surface area contributed by atoms with Gasteiger partial charge in [0.2, 0.25) is 0 Å². The molecular formula is C14H23BrN2O3. The van der Waals surface area contributed by atoms with Gasteiger partial charge in [-0.25, -0.2) is 4.79 Å². The lowest BCUT2D eigenvalue weighted by Crippen LogP contribution is -2.42. The predicted octanol–water partition coefficient (Wildman–Crippen LogP) is 3.44. The average Bonchev–Trinajstić information content (AvgIpc) is 2.73. The van der Waals surface area contributed by atoms with E-state index in [1.807, 2.05) is 26.8 Å². The molecule has 1 unspecified atom stereocenters. The minimum Gasteiger partial charge on any atom is -0.467 e. The topological polar surface area (TPSA) is 63.5 Å². The van der Waals surface area contributed by atoms with E-state index in [9.17, 15) is 4.79 Å². The average molecular weight is 347 g/mol. The summed E-state index contributed by atoms with van der Waals surface area (Å²) in [5.74, 6) is 0.848. The number of furan rings is 1. The largest absolute Gasteiger partial charge is 0.467 e. The first kappa shape index (κ1) is 17.0. The summed E-state index contributed by atoms with van der Waals surface area (Å²) in [4.78, 5) is 11.6. The van der Waals surface area contributed by atoms with Gasteiger partial charge in [0, 0.05) is 12.6 Å². The number of carbonyl (C=O) groups is 1. The van der Waals surface area contributed by atoms with Gasteiger partial charge in [0.1, 0.15) is 11.4 Å². The van der Waals surface area contributed by atoms with Crippen LogP contribution >= 0.6 is 15.9 Å². The Morgan fingerprint density at radius 3 is 2.70 bits per heavy atom. The fourth-order valence-electron chi connectivity index (χ4n) is 1.57. The van der Waals surface area contributed by atoms with E-state index in [0.29, 0.717) is 13.1 Å². The standard InChI is InChI=1S/C14H23BrN2O3/c1-5-10(8-17-13(18)20-14(2,3)4)16-9-12-11(15)6-7-19-12/h6-7,10,16H,5,8-9H2,1-4H3,(H,17,18). The van der Waals surface area contributed by atoms with Crippen molar-refractivity contribution in [3.05, 3.63) is 22.6 Å². The van der Waals surface area contributed by atoms with Crippen LogP contribution in [0.25, 0.3) is 0 Å². The molecule has 1 aromatic rings. The molecule has 1 amide bonds. The zero-order valence-electron chi connectivity index (χ0n) is 12.5. The van der Waals surface area contributed by atoms with Crippen LogP contribution in [0.1, 0.15) is 39.9 Å². The first-order valence-electron chi connectivity index (χ1n) is 6.74. The van der Waals surface area contributed by atoms with Crippen LogP contribution in [0, 0.1) is 0 Å². The molecule has 0 spiro atoms. The molecule has 20 heavy (non-hydrogen) atoms. The van der Waals surface area contributed by atoms with E-state index in [1.165, 1.54) is 0 Å². The Kier molecular flexibility index (Phi) is 6.55. The SMILES string of the molecule is CCC(CNC(=O)OC(C)(C)C)NCc1occc1Br. The summed E-state index contributed by atoms with van der Waals surface area (Å²) in [6.45, 7) is 8.72. The third-order valence-corrected chi connectivity index (χ3v) is 3.33. The van der Waals surface area contributed by atoms with E-state index in [2.05, 4.69) is 33.5 Å². The van der Waals surface area contributed by atoms with E-state index in [1.54, 1.807) is 6.26 Å². The zero-order chi connectivity index (χ0) is 15.2. The maximum atomic E-state index is 11.6. The smallest absolute Gasteiger partial charge is 0.407 e. The molecule has 0 aliphatic carbocycles. The number of halogens is 1. The molecule has 0 saturated carbocycles. The van der Waals surface area contributed by atoms with Crippen molar-refractivity contribution in [2.75, 3.05) is 6.54 Å². The van der Waals surface area contributed by atoms with Crippen molar-refractivity contribution in [2.45, 2.75) is 52.3 Å². The van der Waals surface area contributed by atoms with Crippen LogP contribution < -0.4 is 10.6 Å². The molecule has 0 aromatic carbocycles. The van der Waals surface area contributed by atoms with Gasteiger partial charge in [0.25, 0.3) is 0 Å². The van der Waals surface area contributed by atoms with Crippen molar-refractivity contribution in [1.29, 1.82) is 0 Å². The van der Waals surface area contributed by atoms with E-state index >= 15 is 0 Å². The lowest BCUT2D eigenvalue weighted by Gasteiger charge is -2.22. The number of amides is 1. The van der Waals surface area contributed by atoms with Crippen molar-refractivity contribution in [2.24, 2.45) is 0 Å². The predicted molar refractivity (Wildman–Crippen MR) is 81.6 cm³/mol. The molecule has 0 radical (unpaired) electrons. The fourth-order valence-corrected chi connectivity index (χ4v) is 1.91. The van der Waals surface area contributed by atoms with Gasteiger partial charge < -0.3 is 19.8 Å². The molecule has 5 nitrogen and oxygen atoms in total. The van der Waals surface area contributed by atoms with Crippen molar-refractivity contribution >= 4 is 22.0 Å². The first-order valence-corrected chi connectivity index (χ1v) is 7.53. The van der Waals surface area contributed by atoms with Crippen LogP contribution in [0.2, 0.25) is 0 Å². The second-order valence-corrected chi connectivity index (χ2v) is 6.41. The van der Waals surface area contributed by atoms with Gasteiger partial charge in [-0.2, -0.15) is 0 Å². The summed E-state index contributed by atoms with van der Waals surface area (Å²) >= 11 is 3.41. The summed E-state index contributed by atoms with van der Waals surface area (Å²) in [5.41, 5.74) is -0.474. The Balaban J connectivity index is 2.33. The Bertz CT molecular complexity index is 426. The highest BCUT2D eigenvalue weighted by molar-refractivity contribution is 9.10. The van der Waals surface area contributed by atoms with Gasteiger partial charge in [-0.15, -0.1) is 0 Å². The summed E-state index contributed by atoms with van der Waals surface area (Å²) in [5, 5.41) is 6.11. The van der Waals surface area contributed by atoms with Crippen molar-refractivity contribution in [1.82, 2.24) is 10.6 Å². The molecule has 1 aromatic heterocycles. The normalized spacial score (nSPS) is 13.1. The fraction of sp³-hybridized carbons (Fsp3) is 0.643. The van der Waals surface area contributed by atoms with Crippen LogP contribution in [0.3, 0.4) is 0 Å². The zero-order valence-corrected chi connectivity index (χ0v) is 14.0. The van der Waals surface area contributed by atoms with Gasteiger partial charge in [-0.1, -0.05) is 6.92 Å². The summed E-state index contributed by atoms with van der Waals surface area (Å²) in [6.07, 6.45) is 2.15. The molecule has 0 aliphatic heterocycles. The van der Waals surface area contributed by atoms with Gasteiger partial charge in [0.15, 0.2) is 0 Å². The van der Waals surface area contributed by atoms with E-state index in [0.717, 1.165) is 16.7 Å². The molecule has 114 valence electrons. The molecule has 2 N–H and O–H groups in total. The molecule has 1 rings (SSSR count). The number of nitrogens with one attached hydrogen (secondary N) is 2. The highest BCUT2D eigenvalue weighted by Gasteiger charge is 2.17. The van der Waals surface area contributed by atoms with Crippen molar-refractivity contribution in [3.8, 4) is 0 Å². The lowest BCUT2D eigenvalue weighted by atomic mass is 10.2. The van der Waals surface area contributed by atoms with Crippen LogP contribution in [0.15, 0.2) is 21.2 Å². The van der Waals surface area contributed by atoms with Gasteiger partial charge in [-0.05, 0) is 49.2 Å². The molecule has 0 aliphatic rings. The Morgan fingerprint density at radius 2 is 2.20 bits per heavy atom. The minimum absolute atomic E-state index is 0.166. The number of hydrogen-bond donors (Lipinski definition) is 2. The molecule has 1 heterocycles. The third kappa shape index (κ3) is 6.43. The highest BCUT2D eigenvalue weighted by atomic mass is 79.9. The van der Waals surface area contributed by atoms with E-state index in [4.69, 9.17) is 9.15 Å². The van der Waals surface area contributed by atoms with Gasteiger partial charge >= 0.3 is 6.09 Å². The van der Waals surface area contributed by atoms with Crippen LogP contribution in [-0.2, 0) is 11.3 Å². The Hall–Kier alpha value is -1.01. The van der Waals surface area contributed by atoms with Crippen LogP contribution in [-0.4, -0.2) is 24.3 Å². The van der Waals surface area contributed by atoms with E-state index in [-0.39, 0.29) is 6.04 Å². The molecule has 0 fully saturated rings.